The van der Waals surface area contributed by atoms with Crippen LogP contribution in [0.2, 0.25) is 0 Å². The van der Waals surface area contributed by atoms with Crippen LogP contribution in [0.4, 0.5) is 16.2 Å². The Morgan fingerprint density at radius 1 is 1.11 bits per heavy atom. The average Bonchev–Trinajstić information content (AvgIpc) is 2.63. The summed E-state index contributed by atoms with van der Waals surface area (Å²) in [4.78, 5) is 26.5. The van der Waals surface area contributed by atoms with Crippen molar-refractivity contribution in [2.45, 2.75) is 11.8 Å². The van der Waals surface area contributed by atoms with E-state index in [2.05, 4.69) is 20.4 Å². The van der Waals surface area contributed by atoms with Crippen molar-refractivity contribution in [3.63, 3.8) is 0 Å². The lowest BCUT2D eigenvalue weighted by Gasteiger charge is -2.11. The number of amides is 2. The average molecular weight is 406 g/mol. The Kier molecular flexibility index (Phi) is 6.55. The van der Waals surface area contributed by atoms with Crippen LogP contribution >= 0.6 is 0 Å². The standard InChI is InChI=1S/C17H18N4O6S/c1-11(22)19-14-9-8-12(10-15(14)20-16(18)21-17(23)26-2)27-28(24,25)13-6-4-3-5-7-13/h3-10H,1-2H3,(H,19,22)(H3,18,20,21,23). The molecule has 0 spiro atoms. The molecule has 0 saturated heterocycles. The molecule has 0 unspecified atom stereocenters. The van der Waals surface area contributed by atoms with Gasteiger partial charge in [0.1, 0.15) is 10.6 Å². The van der Waals surface area contributed by atoms with E-state index in [-0.39, 0.29) is 33.9 Å². The van der Waals surface area contributed by atoms with E-state index in [9.17, 15) is 18.0 Å². The number of nitrogens with zero attached hydrogens (tertiary/aromatic N) is 1. The fourth-order valence-electron chi connectivity index (χ4n) is 2.03. The molecule has 0 aromatic heterocycles. The minimum Gasteiger partial charge on any atom is -0.453 e. The number of alkyl carbamates (subject to hydrolysis) is 1. The monoisotopic (exact) mass is 406 g/mol. The molecule has 0 bridgehead atoms. The molecule has 0 aliphatic rings. The smallest absolute Gasteiger partial charge is 0.413 e. The molecule has 0 aliphatic heterocycles. The van der Waals surface area contributed by atoms with Crippen LogP contribution in [0.25, 0.3) is 0 Å². The Balaban J connectivity index is 2.38. The van der Waals surface area contributed by atoms with E-state index in [0.29, 0.717) is 0 Å². The lowest BCUT2D eigenvalue weighted by Crippen LogP contribution is -2.36. The van der Waals surface area contributed by atoms with Crippen molar-refractivity contribution in [3.8, 4) is 5.75 Å². The second kappa shape index (κ2) is 8.86. The van der Waals surface area contributed by atoms with E-state index < -0.39 is 16.2 Å². The molecule has 2 aromatic carbocycles. The molecule has 0 aliphatic carbocycles. The Bertz CT molecular complexity index is 1010. The Morgan fingerprint density at radius 2 is 1.79 bits per heavy atom. The highest BCUT2D eigenvalue weighted by Crippen LogP contribution is 2.31. The van der Waals surface area contributed by atoms with Crippen molar-refractivity contribution in [2.24, 2.45) is 10.7 Å². The zero-order valence-corrected chi connectivity index (χ0v) is 15.8. The molecule has 11 heteroatoms. The summed E-state index contributed by atoms with van der Waals surface area (Å²) >= 11 is 0. The number of rotatable bonds is 5. The fourth-order valence-corrected chi connectivity index (χ4v) is 2.97. The topological polar surface area (TPSA) is 149 Å². The number of guanidine groups is 1. The summed E-state index contributed by atoms with van der Waals surface area (Å²) in [5.41, 5.74) is 5.90. The molecule has 2 rings (SSSR count). The van der Waals surface area contributed by atoms with Crippen molar-refractivity contribution < 1.29 is 26.9 Å². The third kappa shape index (κ3) is 5.71. The van der Waals surface area contributed by atoms with E-state index in [4.69, 9.17) is 9.92 Å². The summed E-state index contributed by atoms with van der Waals surface area (Å²) in [7, 11) is -2.93. The first-order chi connectivity index (χ1) is 13.2. The minimum absolute atomic E-state index is 0.0298. The summed E-state index contributed by atoms with van der Waals surface area (Å²) in [6, 6.07) is 11.5. The molecular weight excluding hydrogens is 388 g/mol. The second-order valence-electron chi connectivity index (χ2n) is 5.32. The molecule has 2 aromatic rings. The van der Waals surface area contributed by atoms with Gasteiger partial charge in [0.2, 0.25) is 11.9 Å². The minimum atomic E-state index is -4.07. The largest absolute Gasteiger partial charge is 0.453 e. The number of anilines is 1. The number of hydrogen-bond acceptors (Lipinski definition) is 7. The third-order valence-electron chi connectivity index (χ3n) is 3.17. The highest BCUT2D eigenvalue weighted by molar-refractivity contribution is 7.87. The number of carbonyl (C=O) groups is 2. The molecule has 2 amide bonds. The summed E-state index contributed by atoms with van der Waals surface area (Å²) < 4.78 is 34.2. The molecule has 0 radical (unpaired) electrons. The number of nitrogens with two attached hydrogens (primary N) is 1. The molecule has 10 nitrogen and oxygen atoms in total. The van der Waals surface area contributed by atoms with Crippen LogP contribution in [-0.4, -0.2) is 33.5 Å². The summed E-state index contributed by atoms with van der Waals surface area (Å²) in [6.45, 7) is 1.29. The van der Waals surface area contributed by atoms with Crippen molar-refractivity contribution in [1.29, 1.82) is 0 Å². The van der Waals surface area contributed by atoms with Gasteiger partial charge in [-0.3, -0.25) is 10.1 Å². The number of methoxy groups -OCH3 is 1. The van der Waals surface area contributed by atoms with Gasteiger partial charge in [0.05, 0.1) is 18.5 Å². The van der Waals surface area contributed by atoms with E-state index in [1.807, 2.05) is 0 Å². The molecule has 0 fully saturated rings. The molecule has 28 heavy (non-hydrogen) atoms. The van der Waals surface area contributed by atoms with Crippen molar-refractivity contribution in [1.82, 2.24) is 5.32 Å². The van der Waals surface area contributed by atoms with Gasteiger partial charge in [0.25, 0.3) is 0 Å². The van der Waals surface area contributed by atoms with Gasteiger partial charge in [0, 0.05) is 13.0 Å². The van der Waals surface area contributed by atoms with Gasteiger partial charge in [-0.05, 0) is 24.3 Å². The molecule has 0 saturated carbocycles. The van der Waals surface area contributed by atoms with E-state index in [1.54, 1.807) is 18.2 Å². The van der Waals surface area contributed by atoms with Gasteiger partial charge in [-0.15, -0.1) is 0 Å². The van der Waals surface area contributed by atoms with Crippen LogP contribution in [0, 0.1) is 0 Å². The molecule has 0 atom stereocenters. The molecular formula is C17H18N4O6S. The number of nitrogens with one attached hydrogen (secondary N) is 2. The van der Waals surface area contributed by atoms with Gasteiger partial charge >= 0.3 is 16.2 Å². The number of benzene rings is 2. The zero-order valence-electron chi connectivity index (χ0n) is 15.0. The van der Waals surface area contributed by atoms with Gasteiger partial charge < -0.3 is 20.0 Å². The first-order valence-electron chi connectivity index (χ1n) is 7.81. The maximum Gasteiger partial charge on any atom is 0.413 e. The number of carbonyl (C=O) groups excluding carboxylic acids is 2. The van der Waals surface area contributed by atoms with Crippen LogP contribution < -0.4 is 20.6 Å². The molecule has 4 N–H and O–H groups in total. The van der Waals surface area contributed by atoms with Crippen LogP contribution in [0.15, 0.2) is 58.4 Å². The predicted octanol–water partition coefficient (Wildman–Crippen LogP) is 1.71. The lowest BCUT2D eigenvalue weighted by atomic mass is 10.2. The van der Waals surface area contributed by atoms with Crippen molar-refractivity contribution in [3.05, 3.63) is 48.5 Å². The molecule has 148 valence electrons. The van der Waals surface area contributed by atoms with Crippen molar-refractivity contribution >= 4 is 39.5 Å². The number of ether oxygens (including phenoxy) is 1. The first-order valence-corrected chi connectivity index (χ1v) is 9.22. The Hall–Kier alpha value is -3.60. The maximum atomic E-state index is 12.4. The lowest BCUT2D eigenvalue weighted by molar-refractivity contribution is -0.114. The summed E-state index contributed by atoms with van der Waals surface area (Å²) in [5.74, 6) is -0.786. The van der Waals surface area contributed by atoms with Gasteiger partial charge in [-0.2, -0.15) is 8.42 Å². The van der Waals surface area contributed by atoms with Crippen LogP contribution in [0.1, 0.15) is 6.92 Å². The second-order valence-corrected chi connectivity index (χ2v) is 6.87. The third-order valence-corrected chi connectivity index (χ3v) is 4.44. The fraction of sp³-hybridized carbons (Fsp3) is 0.118. The van der Waals surface area contributed by atoms with E-state index in [0.717, 1.165) is 7.11 Å². The van der Waals surface area contributed by atoms with Gasteiger partial charge in [-0.25, -0.2) is 9.79 Å². The van der Waals surface area contributed by atoms with Gasteiger partial charge in [0.15, 0.2) is 0 Å². The van der Waals surface area contributed by atoms with Crippen LogP contribution in [-0.2, 0) is 19.6 Å². The highest BCUT2D eigenvalue weighted by Gasteiger charge is 2.17. The van der Waals surface area contributed by atoms with Gasteiger partial charge in [-0.1, -0.05) is 18.2 Å². The SMILES string of the molecule is COC(=O)NC(N)=Nc1cc(OS(=O)(=O)c2ccccc2)ccc1NC(C)=O. The summed E-state index contributed by atoms with van der Waals surface area (Å²) in [5, 5.41) is 4.66. The van der Waals surface area contributed by atoms with E-state index >= 15 is 0 Å². The van der Waals surface area contributed by atoms with Crippen molar-refractivity contribution in [2.75, 3.05) is 12.4 Å². The molecule has 0 heterocycles. The zero-order chi connectivity index (χ0) is 20.7. The van der Waals surface area contributed by atoms with Crippen LogP contribution in [0.3, 0.4) is 0 Å². The highest BCUT2D eigenvalue weighted by atomic mass is 32.2. The van der Waals surface area contributed by atoms with E-state index in [1.165, 1.54) is 37.3 Å². The quantitative estimate of drug-likeness (QED) is 0.389. The number of hydrogen-bond donors (Lipinski definition) is 3. The Morgan fingerprint density at radius 3 is 2.39 bits per heavy atom. The maximum absolute atomic E-state index is 12.4. The number of aliphatic imine (C=N–C) groups is 1. The normalized spacial score (nSPS) is 11.4. The predicted molar refractivity (Wildman–Crippen MR) is 102 cm³/mol. The Labute approximate surface area is 161 Å². The first kappa shape index (κ1) is 20.7. The van der Waals surface area contributed by atoms with Crippen LogP contribution in [0.5, 0.6) is 5.75 Å². The summed E-state index contributed by atoms with van der Waals surface area (Å²) in [6.07, 6.45) is -0.846.